The van der Waals surface area contributed by atoms with Crippen molar-refractivity contribution >= 4 is 0 Å². The summed E-state index contributed by atoms with van der Waals surface area (Å²) in [5, 5.41) is 0. The molecule has 0 saturated heterocycles. The Bertz CT molecular complexity index is 425. The minimum absolute atomic E-state index is 1.00. The molecule has 0 radical (unpaired) electrons. The third kappa shape index (κ3) is 4.00. The fourth-order valence-electron chi connectivity index (χ4n) is 1.84. The SMILES string of the molecule is CN(CCc1cccnc1)Cc1ccccc1. The molecule has 1 aromatic heterocycles. The summed E-state index contributed by atoms with van der Waals surface area (Å²) in [5.41, 5.74) is 2.66. The van der Waals surface area contributed by atoms with E-state index in [1.54, 1.807) is 0 Å². The van der Waals surface area contributed by atoms with Gasteiger partial charge in [0.05, 0.1) is 0 Å². The molecule has 0 aliphatic carbocycles. The maximum absolute atomic E-state index is 4.13. The van der Waals surface area contributed by atoms with Crippen molar-refractivity contribution in [3.8, 4) is 0 Å². The summed E-state index contributed by atoms with van der Waals surface area (Å²) in [4.78, 5) is 6.46. The molecular weight excluding hydrogens is 208 g/mol. The summed E-state index contributed by atoms with van der Waals surface area (Å²) in [6, 6.07) is 14.7. The zero-order chi connectivity index (χ0) is 11.9. The Hall–Kier alpha value is -1.67. The van der Waals surface area contributed by atoms with Crippen LogP contribution in [0.3, 0.4) is 0 Å². The highest BCUT2D eigenvalue weighted by Crippen LogP contribution is 2.04. The van der Waals surface area contributed by atoms with Crippen LogP contribution >= 0.6 is 0 Å². The van der Waals surface area contributed by atoms with Crippen LogP contribution in [0.15, 0.2) is 54.9 Å². The molecule has 1 heterocycles. The van der Waals surface area contributed by atoms with Crippen LogP contribution in [0.4, 0.5) is 0 Å². The van der Waals surface area contributed by atoms with E-state index in [4.69, 9.17) is 0 Å². The van der Waals surface area contributed by atoms with Crippen LogP contribution in [0.5, 0.6) is 0 Å². The first-order valence-corrected chi connectivity index (χ1v) is 5.96. The van der Waals surface area contributed by atoms with E-state index in [0.29, 0.717) is 0 Å². The van der Waals surface area contributed by atoms with Gasteiger partial charge in [-0.1, -0.05) is 36.4 Å². The number of hydrogen-bond acceptors (Lipinski definition) is 2. The predicted octanol–water partition coefficient (Wildman–Crippen LogP) is 2.76. The van der Waals surface area contributed by atoms with Gasteiger partial charge in [0.2, 0.25) is 0 Å². The Morgan fingerprint density at radius 3 is 2.47 bits per heavy atom. The Morgan fingerprint density at radius 2 is 1.76 bits per heavy atom. The fourth-order valence-corrected chi connectivity index (χ4v) is 1.84. The molecule has 0 unspecified atom stereocenters. The van der Waals surface area contributed by atoms with E-state index in [9.17, 15) is 0 Å². The molecule has 0 aliphatic heterocycles. The van der Waals surface area contributed by atoms with Crippen molar-refractivity contribution in [3.63, 3.8) is 0 Å². The summed E-state index contributed by atoms with van der Waals surface area (Å²) in [5.74, 6) is 0. The molecule has 2 nitrogen and oxygen atoms in total. The van der Waals surface area contributed by atoms with E-state index in [2.05, 4.69) is 53.3 Å². The first-order chi connectivity index (χ1) is 8.34. The second kappa shape index (κ2) is 6.16. The van der Waals surface area contributed by atoms with E-state index >= 15 is 0 Å². The molecule has 0 atom stereocenters. The predicted molar refractivity (Wildman–Crippen MR) is 70.7 cm³/mol. The number of pyridine rings is 1. The third-order valence-corrected chi connectivity index (χ3v) is 2.80. The molecule has 0 bridgehead atoms. The Labute approximate surface area is 103 Å². The lowest BCUT2D eigenvalue weighted by atomic mass is 10.2. The average Bonchev–Trinajstić information content (AvgIpc) is 2.39. The number of likely N-dealkylation sites (N-methyl/N-ethyl adjacent to an activating group) is 1. The van der Waals surface area contributed by atoms with Gasteiger partial charge in [-0.25, -0.2) is 0 Å². The largest absolute Gasteiger partial charge is 0.302 e. The van der Waals surface area contributed by atoms with E-state index < -0.39 is 0 Å². The molecule has 2 heteroatoms. The Balaban J connectivity index is 1.80. The maximum atomic E-state index is 4.13. The number of rotatable bonds is 5. The van der Waals surface area contributed by atoms with Crippen LogP contribution in [-0.4, -0.2) is 23.5 Å². The minimum Gasteiger partial charge on any atom is -0.302 e. The fraction of sp³-hybridized carbons (Fsp3) is 0.267. The Morgan fingerprint density at radius 1 is 1.00 bits per heavy atom. The average molecular weight is 226 g/mol. The van der Waals surface area contributed by atoms with Gasteiger partial charge >= 0.3 is 0 Å². The van der Waals surface area contributed by atoms with Crippen molar-refractivity contribution in [3.05, 3.63) is 66.0 Å². The monoisotopic (exact) mass is 226 g/mol. The number of benzene rings is 1. The first-order valence-electron chi connectivity index (χ1n) is 5.96. The molecule has 0 amide bonds. The lowest BCUT2D eigenvalue weighted by Gasteiger charge is -2.16. The number of aromatic nitrogens is 1. The molecule has 0 spiro atoms. The molecule has 2 aromatic rings. The van der Waals surface area contributed by atoms with Crippen LogP contribution in [0, 0.1) is 0 Å². The quantitative estimate of drug-likeness (QED) is 0.779. The second-order valence-electron chi connectivity index (χ2n) is 4.33. The van der Waals surface area contributed by atoms with Gasteiger partial charge < -0.3 is 4.90 Å². The molecule has 17 heavy (non-hydrogen) atoms. The standard InChI is InChI=1S/C15H18N2/c1-17(13-15-6-3-2-4-7-15)11-9-14-8-5-10-16-12-14/h2-8,10,12H,9,11,13H2,1H3. The number of hydrogen-bond donors (Lipinski definition) is 0. The number of nitrogens with zero attached hydrogens (tertiary/aromatic N) is 2. The molecule has 2 rings (SSSR count). The van der Waals surface area contributed by atoms with Crippen LogP contribution in [-0.2, 0) is 13.0 Å². The minimum atomic E-state index is 1.00. The molecule has 0 saturated carbocycles. The van der Waals surface area contributed by atoms with Crippen molar-refractivity contribution in [2.75, 3.05) is 13.6 Å². The highest BCUT2D eigenvalue weighted by atomic mass is 15.1. The molecule has 0 N–H and O–H groups in total. The van der Waals surface area contributed by atoms with Gasteiger partial charge in [0.25, 0.3) is 0 Å². The van der Waals surface area contributed by atoms with Crippen molar-refractivity contribution in [1.82, 2.24) is 9.88 Å². The molecule has 0 fully saturated rings. The van der Waals surface area contributed by atoms with Gasteiger partial charge in [-0.2, -0.15) is 0 Å². The highest BCUT2D eigenvalue weighted by molar-refractivity contribution is 5.14. The highest BCUT2D eigenvalue weighted by Gasteiger charge is 2.00. The van der Waals surface area contributed by atoms with Gasteiger partial charge in [0.15, 0.2) is 0 Å². The van der Waals surface area contributed by atoms with Gasteiger partial charge in [0, 0.05) is 25.5 Å². The summed E-state index contributed by atoms with van der Waals surface area (Å²) >= 11 is 0. The Kier molecular flexibility index (Phi) is 4.28. The van der Waals surface area contributed by atoms with Crippen LogP contribution in [0.25, 0.3) is 0 Å². The van der Waals surface area contributed by atoms with E-state index in [0.717, 1.165) is 19.5 Å². The summed E-state index contributed by atoms with van der Waals surface area (Å²) in [7, 11) is 2.16. The van der Waals surface area contributed by atoms with E-state index in [1.165, 1.54) is 11.1 Å². The molecular formula is C15H18N2. The molecule has 0 aliphatic rings. The lowest BCUT2D eigenvalue weighted by molar-refractivity contribution is 0.331. The zero-order valence-electron chi connectivity index (χ0n) is 10.2. The first kappa shape index (κ1) is 11.8. The zero-order valence-corrected chi connectivity index (χ0v) is 10.2. The summed E-state index contributed by atoms with van der Waals surface area (Å²) < 4.78 is 0. The summed E-state index contributed by atoms with van der Waals surface area (Å²) in [6.45, 7) is 2.06. The smallest absolute Gasteiger partial charge is 0.0300 e. The molecule has 88 valence electrons. The second-order valence-corrected chi connectivity index (χ2v) is 4.33. The molecule has 1 aromatic carbocycles. The normalized spacial score (nSPS) is 10.7. The van der Waals surface area contributed by atoms with Crippen LogP contribution in [0.1, 0.15) is 11.1 Å². The van der Waals surface area contributed by atoms with Gasteiger partial charge in [0.1, 0.15) is 0 Å². The maximum Gasteiger partial charge on any atom is 0.0300 e. The van der Waals surface area contributed by atoms with Crippen LogP contribution < -0.4 is 0 Å². The topological polar surface area (TPSA) is 16.1 Å². The third-order valence-electron chi connectivity index (χ3n) is 2.80. The van der Waals surface area contributed by atoms with Gasteiger partial charge in [-0.15, -0.1) is 0 Å². The van der Waals surface area contributed by atoms with Crippen molar-refractivity contribution in [2.24, 2.45) is 0 Å². The van der Waals surface area contributed by atoms with Crippen molar-refractivity contribution in [1.29, 1.82) is 0 Å². The lowest BCUT2D eigenvalue weighted by Crippen LogP contribution is -2.20. The summed E-state index contributed by atoms with van der Waals surface area (Å²) in [6.07, 6.45) is 4.81. The van der Waals surface area contributed by atoms with Crippen LogP contribution in [0.2, 0.25) is 0 Å². The van der Waals surface area contributed by atoms with Gasteiger partial charge in [-0.3, -0.25) is 4.98 Å². The van der Waals surface area contributed by atoms with E-state index in [-0.39, 0.29) is 0 Å². The van der Waals surface area contributed by atoms with Gasteiger partial charge in [-0.05, 0) is 30.7 Å². The van der Waals surface area contributed by atoms with E-state index in [1.807, 2.05) is 18.5 Å². The van der Waals surface area contributed by atoms with Crippen molar-refractivity contribution < 1.29 is 0 Å². The van der Waals surface area contributed by atoms with Crippen molar-refractivity contribution in [2.45, 2.75) is 13.0 Å².